The van der Waals surface area contributed by atoms with E-state index in [1.807, 2.05) is 36.4 Å². The number of carbonyl (C=O) groups is 2. The van der Waals surface area contributed by atoms with E-state index in [4.69, 9.17) is 9.47 Å². The quantitative estimate of drug-likeness (QED) is 0.830. The molecule has 26 heavy (non-hydrogen) atoms. The van der Waals surface area contributed by atoms with E-state index in [0.717, 1.165) is 23.6 Å². The van der Waals surface area contributed by atoms with Crippen molar-refractivity contribution in [2.45, 2.75) is 31.9 Å². The maximum Gasteiger partial charge on any atom is 0.326 e. The third kappa shape index (κ3) is 4.14. The predicted molar refractivity (Wildman–Crippen MR) is 97.1 cm³/mol. The highest BCUT2D eigenvalue weighted by Gasteiger charge is 2.32. The molecule has 3 atom stereocenters. The third-order valence-corrected chi connectivity index (χ3v) is 4.65. The molecule has 138 valence electrons. The summed E-state index contributed by atoms with van der Waals surface area (Å²) in [6, 6.07) is 12.4. The van der Waals surface area contributed by atoms with Crippen LogP contribution in [0.25, 0.3) is 10.8 Å². The summed E-state index contributed by atoms with van der Waals surface area (Å²) in [6.07, 6.45) is 0.703. The number of hydrogen-bond donors (Lipinski definition) is 2. The van der Waals surface area contributed by atoms with Gasteiger partial charge in [0.1, 0.15) is 11.8 Å². The molecule has 3 unspecified atom stereocenters. The average Bonchev–Trinajstić information content (AvgIpc) is 2.66. The number of ether oxygens (including phenoxy) is 2. The van der Waals surface area contributed by atoms with Crippen LogP contribution < -0.4 is 10.1 Å². The molecule has 2 N–H and O–H groups in total. The van der Waals surface area contributed by atoms with Gasteiger partial charge in [-0.3, -0.25) is 4.79 Å². The summed E-state index contributed by atoms with van der Waals surface area (Å²) in [7, 11) is 0. The second-order valence-electron chi connectivity index (χ2n) is 6.54. The molecule has 1 aliphatic heterocycles. The maximum absolute atomic E-state index is 12.5. The van der Waals surface area contributed by atoms with Crippen molar-refractivity contribution in [1.82, 2.24) is 5.32 Å². The minimum Gasteiger partial charge on any atom is -0.480 e. The Morgan fingerprint density at radius 3 is 2.73 bits per heavy atom. The molecule has 1 heterocycles. The Morgan fingerprint density at radius 2 is 2.00 bits per heavy atom. The molecule has 1 saturated heterocycles. The molecule has 6 heteroatoms. The van der Waals surface area contributed by atoms with Gasteiger partial charge >= 0.3 is 5.97 Å². The van der Waals surface area contributed by atoms with Crippen LogP contribution in [0.15, 0.2) is 42.5 Å². The fourth-order valence-electron chi connectivity index (χ4n) is 3.22. The molecule has 1 amide bonds. The maximum atomic E-state index is 12.5. The lowest BCUT2D eigenvalue weighted by atomic mass is 9.93. The van der Waals surface area contributed by atoms with Crippen LogP contribution in [0.3, 0.4) is 0 Å². The molecule has 0 saturated carbocycles. The van der Waals surface area contributed by atoms with Crippen molar-refractivity contribution in [2.75, 3.05) is 13.2 Å². The molecule has 0 spiro atoms. The van der Waals surface area contributed by atoms with Crippen molar-refractivity contribution < 1.29 is 24.2 Å². The summed E-state index contributed by atoms with van der Waals surface area (Å²) in [6.45, 7) is 2.60. The monoisotopic (exact) mass is 357 g/mol. The zero-order chi connectivity index (χ0) is 18.5. The lowest BCUT2D eigenvalue weighted by molar-refractivity contribution is -0.146. The summed E-state index contributed by atoms with van der Waals surface area (Å²) in [4.78, 5) is 24.1. The van der Waals surface area contributed by atoms with Gasteiger partial charge in [-0.05, 0) is 31.2 Å². The van der Waals surface area contributed by atoms with E-state index in [9.17, 15) is 14.7 Å². The second-order valence-corrected chi connectivity index (χ2v) is 6.54. The van der Waals surface area contributed by atoms with E-state index in [0.29, 0.717) is 19.0 Å². The van der Waals surface area contributed by atoms with E-state index in [2.05, 4.69) is 5.32 Å². The molecular formula is C20H23NO5. The van der Waals surface area contributed by atoms with Gasteiger partial charge in [-0.1, -0.05) is 36.4 Å². The zero-order valence-electron chi connectivity index (χ0n) is 14.7. The predicted octanol–water partition coefficient (Wildman–Crippen LogP) is 2.60. The van der Waals surface area contributed by atoms with Crippen molar-refractivity contribution in [2.24, 2.45) is 5.92 Å². The van der Waals surface area contributed by atoms with Crippen LogP contribution in [0.2, 0.25) is 0 Å². The Balaban J connectivity index is 1.69. The molecule has 1 fully saturated rings. The molecule has 2 aromatic rings. The van der Waals surface area contributed by atoms with Crippen LogP contribution in [0, 0.1) is 5.92 Å². The Morgan fingerprint density at radius 1 is 1.23 bits per heavy atom. The van der Waals surface area contributed by atoms with Crippen molar-refractivity contribution in [3.05, 3.63) is 42.5 Å². The van der Waals surface area contributed by atoms with Gasteiger partial charge in [0.2, 0.25) is 0 Å². The van der Waals surface area contributed by atoms with Crippen molar-refractivity contribution >= 4 is 22.6 Å². The number of carboxylic acids is 1. The SMILES string of the molecule is CC(Oc1cccc2ccccc12)C(=O)NC(C(=O)O)C1CCCOC1. The van der Waals surface area contributed by atoms with Gasteiger partial charge in [0.05, 0.1) is 6.61 Å². The Labute approximate surface area is 152 Å². The number of carbonyl (C=O) groups excluding carboxylic acids is 1. The van der Waals surface area contributed by atoms with E-state index >= 15 is 0 Å². The van der Waals surface area contributed by atoms with Crippen LogP contribution in [0.1, 0.15) is 19.8 Å². The first-order valence-electron chi connectivity index (χ1n) is 8.81. The molecule has 2 aromatic carbocycles. The van der Waals surface area contributed by atoms with E-state index < -0.39 is 24.0 Å². The first kappa shape index (κ1) is 18.2. The molecular weight excluding hydrogens is 334 g/mol. The van der Waals surface area contributed by atoms with Crippen LogP contribution in [-0.4, -0.2) is 42.3 Å². The fourth-order valence-corrected chi connectivity index (χ4v) is 3.22. The molecule has 0 radical (unpaired) electrons. The molecule has 0 aliphatic carbocycles. The first-order valence-corrected chi connectivity index (χ1v) is 8.81. The average molecular weight is 357 g/mol. The van der Waals surface area contributed by atoms with Gasteiger partial charge in [0.15, 0.2) is 6.10 Å². The van der Waals surface area contributed by atoms with Gasteiger partial charge in [-0.2, -0.15) is 0 Å². The van der Waals surface area contributed by atoms with Crippen molar-refractivity contribution in [3.8, 4) is 5.75 Å². The molecule has 1 aliphatic rings. The third-order valence-electron chi connectivity index (χ3n) is 4.65. The van der Waals surface area contributed by atoms with E-state index in [-0.39, 0.29) is 5.92 Å². The lowest BCUT2D eigenvalue weighted by Crippen LogP contribution is -2.51. The van der Waals surface area contributed by atoms with Crippen LogP contribution in [0.5, 0.6) is 5.75 Å². The highest BCUT2D eigenvalue weighted by Crippen LogP contribution is 2.26. The minimum atomic E-state index is -1.05. The number of hydrogen-bond acceptors (Lipinski definition) is 4. The Hall–Kier alpha value is -2.60. The van der Waals surface area contributed by atoms with Gasteiger partial charge in [-0.15, -0.1) is 0 Å². The first-order chi connectivity index (χ1) is 12.6. The minimum absolute atomic E-state index is 0.227. The molecule has 0 aromatic heterocycles. The summed E-state index contributed by atoms with van der Waals surface area (Å²) in [5.74, 6) is -1.13. The number of aliphatic carboxylic acids is 1. The van der Waals surface area contributed by atoms with E-state index in [1.54, 1.807) is 13.0 Å². The smallest absolute Gasteiger partial charge is 0.326 e. The Bertz CT molecular complexity index is 779. The summed E-state index contributed by atoms with van der Waals surface area (Å²) in [5.41, 5.74) is 0. The summed E-state index contributed by atoms with van der Waals surface area (Å²) < 4.78 is 11.2. The second kappa shape index (κ2) is 8.19. The zero-order valence-corrected chi connectivity index (χ0v) is 14.7. The van der Waals surface area contributed by atoms with Crippen LogP contribution in [0.4, 0.5) is 0 Å². The Kier molecular flexibility index (Phi) is 5.73. The lowest BCUT2D eigenvalue weighted by Gasteiger charge is -2.29. The van der Waals surface area contributed by atoms with E-state index in [1.165, 1.54) is 0 Å². The molecule has 0 bridgehead atoms. The van der Waals surface area contributed by atoms with Crippen molar-refractivity contribution in [3.63, 3.8) is 0 Å². The van der Waals surface area contributed by atoms with Gasteiger partial charge in [0, 0.05) is 17.9 Å². The molecule has 6 nitrogen and oxygen atoms in total. The standard InChI is InChI=1S/C20H23NO5/c1-13(26-17-10-4-7-14-6-2-3-9-16(14)17)19(22)21-18(20(23)24)15-8-5-11-25-12-15/h2-4,6-7,9-10,13,15,18H,5,8,11-12H2,1H3,(H,21,22)(H,23,24). The number of nitrogens with one attached hydrogen (secondary N) is 1. The number of carboxylic acid groups (broad SMARTS) is 1. The number of rotatable bonds is 6. The largest absolute Gasteiger partial charge is 0.480 e. The van der Waals surface area contributed by atoms with Gasteiger partial charge in [0.25, 0.3) is 5.91 Å². The highest BCUT2D eigenvalue weighted by molar-refractivity contribution is 5.90. The summed E-state index contributed by atoms with van der Waals surface area (Å²) in [5, 5.41) is 14.0. The van der Waals surface area contributed by atoms with Crippen molar-refractivity contribution in [1.29, 1.82) is 0 Å². The van der Waals surface area contributed by atoms with Gasteiger partial charge < -0.3 is 19.9 Å². The highest BCUT2D eigenvalue weighted by atomic mass is 16.5. The number of fused-ring (bicyclic) bond motifs is 1. The number of benzene rings is 2. The van der Waals surface area contributed by atoms with Gasteiger partial charge in [-0.25, -0.2) is 4.79 Å². The fraction of sp³-hybridized carbons (Fsp3) is 0.400. The normalized spacial score (nSPS) is 19.5. The van der Waals surface area contributed by atoms with Crippen LogP contribution in [-0.2, 0) is 14.3 Å². The number of amides is 1. The molecule has 3 rings (SSSR count). The van der Waals surface area contributed by atoms with Crippen LogP contribution >= 0.6 is 0 Å². The summed E-state index contributed by atoms with van der Waals surface area (Å²) >= 11 is 0. The topological polar surface area (TPSA) is 84.9 Å².